The second-order valence-electron chi connectivity index (χ2n) is 4.05. The molecule has 6 nitrogen and oxygen atoms in total. The van der Waals surface area contributed by atoms with Crippen LogP contribution in [-0.2, 0) is 19.6 Å². The molecule has 0 spiro atoms. The first-order valence-electron chi connectivity index (χ1n) is 5.82. The zero-order valence-corrected chi connectivity index (χ0v) is 12.1. The summed E-state index contributed by atoms with van der Waals surface area (Å²) < 4.78 is 29.5. The first-order chi connectivity index (χ1) is 8.81. The highest BCUT2D eigenvalue weighted by atomic mass is 32.2. The van der Waals surface area contributed by atoms with Gasteiger partial charge in [-0.15, -0.1) is 0 Å². The average Bonchev–Trinajstić information content (AvgIpc) is 2.30. The topological polar surface area (TPSA) is 83.9 Å². The highest BCUT2D eigenvalue weighted by molar-refractivity contribution is 7.88. The van der Waals surface area contributed by atoms with Crippen molar-refractivity contribution in [2.24, 2.45) is 0 Å². The smallest absolute Gasteiger partial charge is 0.303 e. The zero-order chi connectivity index (χ0) is 14.9. The van der Waals surface area contributed by atoms with Crippen molar-refractivity contribution in [2.75, 3.05) is 19.9 Å². The molecule has 0 aromatic rings. The van der Waals surface area contributed by atoms with Crippen LogP contribution in [-0.4, -0.2) is 49.8 Å². The van der Waals surface area contributed by atoms with Crippen molar-refractivity contribution in [1.29, 1.82) is 0 Å². The molecule has 0 bridgehead atoms. The Morgan fingerprint density at radius 1 is 1.53 bits per heavy atom. The van der Waals surface area contributed by atoms with Crippen molar-refractivity contribution < 1.29 is 23.1 Å². The number of ether oxygens (including phenoxy) is 1. The van der Waals surface area contributed by atoms with Crippen LogP contribution >= 0.6 is 0 Å². The maximum absolute atomic E-state index is 11.6. The first-order valence-corrected chi connectivity index (χ1v) is 7.66. The molecule has 0 amide bonds. The summed E-state index contributed by atoms with van der Waals surface area (Å²) in [6, 6.07) is 0. The van der Waals surface area contributed by atoms with E-state index in [2.05, 4.69) is 6.58 Å². The molecule has 19 heavy (non-hydrogen) atoms. The fraction of sp³-hybridized carbons (Fsp3) is 0.583. The molecule has 110 valence electrons. The summed E-state index contributed by atoms with van der Waals surface area (Å²) in [5, 5.41) is 8.56. The summed E-state index contributed by atoms with van der Waals surface area (Å²) in [6.45, 7) is 3.63. The van der Waals surface area contributed by atoms with Gasteiger partial charge in [-0.25, -0.2) is 8.42 Å². The van der Waals surface area contributed by atoms with Gasteiger partial charge in [0.05, 0.1) is 18.9 Å². The molecule has 1 N–H and O–H groups in total. The lowest BCUT2D eigenvalue weighted by Crippen LogP contribution is -2.33. The molecular weight excluding hydrogens is 270 g/mol. The number of nitrogens with zero attached hydrogens (tertiary/aromatic N) is 1. The Kier molecular flexibility index (Phi) is 8.09. The lowest BCUT2D eigenvalue weighted by molar-refractivity contribution is -0.137. The van der Waals surface area contributed by atoms with E-state index in [1.54, 1.807) is 0 Å². The Morgan fingerprint density at radius 3 is 2.58 bits per heavy atom. The van der Waals surface area contributed by atoms with Gasteiger partial charge in [-0.3, -0.25) is 9.10 Å². The minimum Gasteiger partial charge on any atom is -0.481 e. The third-order valence-electron chi connectivity index (χ3n) is 2.45. The summed E-state index contributed by atoms with van der Waals surface area (Å²) in [7, 11) is -1.91. The molecule has 0 rings (SSSR count). The van der Waals surface area contributed by atoms with Crippen LogP contribution in [0.3, 0.4) is 0 Å². The number of aliphatic carboxylic acids is 1. The fourth-order valence-electron chi connectivity index (χ4n) is 1.43. The molecule has 7 heteroatoms. The standard InChI is InChI=1S/C12H21NO5S/c1-4-5-9-13(19(3,16)17)10-11(18-2)7-6-8-12(14)15/h4-5,9,11H,1,6-8,10H2,2-3H3,(H,14,15)/b9-5+/t11-/m0/s1. The average molecular weight is 291 g/mol. The molecule has 0 aliphatic carbocycles. The van der Waals surface area contributed by atoms with Crippen molar-refractivity contribution in [3.05, 3.63) is 24.9 Å². The van der Waals surface area contributed by atoms with Gasteiger partial charge in [0.2, 0.25) is 10.0 Å². The highest BCUT2D eigenvalue weighted by Gasteiger charge is 2.18. The third-order valence-corrected chi connectivity index (χ3v) is 3.57. The Balaban J connectivity index is 4.56. The van der Waals surface area contributed by atoms with Gasteiger partial charge in [0, 0.05) is 19.7 Å². The number of methoxy groups -OCH3 is 1. The normalized spacial score (nSPS) is 13.4. The monoisotopic (exact) mass is 291 g/mol. The maximum Gasteiger partial charge on any atom is 0.303 e. The van der Waals surface area contributed by atoms with Crippen LogP contribution in [0.1, 0.15) is 19.3 Å². The Morgan fingerprint density at radius 2 is 2.16 bits per heavy atom. The van der Waals surface area contributed by atoms with E-state index in [0.717, 1.165) is 10.6 Å². The van der Waals surface area contributed by atoms with Gasteiger partial charge in [-0.05, 0) is 18.9 Å². The summed E-state index contributed by atoms with van der Waals surface area (Å²) in [5.41, 5.74) is 0. The van der Waals surface area contributed by atoms with E-state index in [4.69, 9.17) is 9.84 Å². The van der Waals surface area contributed by atoms with Crippen LogP contribution in [0.2, 0.25) is 0 Å². The number of carboxylic acids is 1. The lowest BCUT2D eigenvalue weighted by atomic mass is 10.1. The quantitative estimate of drug-likeness (QED) is 0.612. The minimum atomic E-state index is -3.38. The van der Waals surface area contributed by atoms with E-state index in [9.17, 15) is 13.2 Å². The molecule has 0 unspecified atom stereocenters. The molecule has 0 aromatic carbocycles. The number of allylic oxidation sites excluding steroid dienone is 2. The minimum absolute atomic E-state index is 0.0429. The molecule has 0 aliphatic rings. The van der Waals surface area contributed by atoms with Crippen molar-refractivity contribution in [1.82, 2.24) is 4.31 Å². The van der Waals surface area contributed by atoms with E-state index >= 15 is 0 Å². The molecular formula is C12H21NO5S. The molecule has 0 radical (unpaired) electrons. The van der Waals surface area contributed by atoms with Crippen molar-refractivity contribution in [3.8, 4) is 0 Å². The first kappa shape index (κ1) is 17.7. The molecule has 0 saturated carbocycles. The molecule has 0 heterocycles. The second-order valence-corrected chi connectivity index (χ2v) is 5.99. The Labute approximate surface area is 114 Å². The van der Waals surface area contributed by atoms with Gasteiger partial charge < -0.3 is 9.84 Å². The van der Waals surface area contributed by atoms with Crippen LogP contribution in [0.25, 0.3) is 0 Å². The maximum atomic E-state index is 11.6. The summed E-state index contributed by atoms with van der Waals surface area (Å²) in [4.78, 5) is 10.4. The van der Waals surface area contributed by atoms with Gasteiger partial charge in [0.25, 0.3) is 0 Å². The summed E-state index contributed by atoms with van der Waals surface area (Å²) in [5.74, 6) is -0.874. The number of carbonyl (C=O) groups is 1. The van der Waals surface area contributed by atoms with Crippen molar-refractivity contribution >= 4 is 16.0 Å². The van der Waals surface area contributed by atoms with Crippen LogP contribution < -0.4 is 0 Å². The van der Waals surface area contributed by atoms with Crippen LogP contribution in [0.5, 0.6) is 0 Å². The van der Waals surface area contributed by atoms with E-state index < -0.39 is 16.0 Å². The second kappa shape index (κ2) is 8.71. The Bertz CT molecular complexity index is 416. The van der Waals surface area contributed by atoms with E-state index in [-0.39, 0.29) is 19.1 Å². The van der Waals surface area contributed by atoms with E-state index in [1.807, 2.05) is 0 Å². The molecule has 0 aliphatic heterocycles. The number of hydrogen-bond donors (Lipinski definition) is 1. The van der Waals surface area contributed by atoms with Crippen molar-refractivity contribution in [2.45, 2.75) is 25.4 Å². The predicted octanol–water partition coefficient (Wildman–Crippen LogP) is 1.22. The highest BCUT2D eigenvalue weighted by Crippen LogP contribution is 2.10. The lowest BCUT2D eigenvalue weighted by Gasteiger charge is -2.23. The number of rotatable bonds is 10. The summed E-state index contributed by atoms with van der Waals surface area (Å²) in [6.07, 6.45) is 6.13. The van der Waals surface area contributed by atoms with Gasteiger partial charge in [0.15, 0.2) is 0 Å². The number of sulfonamides is 1. The molecule has 0 saturated heterocycles. The number of carboxylic acid groups (broad SMARTS) is 1. The number of hydrogen-bond acceptors (Lipinski definition) is 4. The zero-order valence-electron chi connectivity index (χ0n) is 11.3. The summed E-state index contributed by atoms with van der Waals surface area (Å²) >= 11 is 0. The molecule has 0 fully saturated rings. The van der Waals surface area contributed by atoms with Crippen LogP contribution in [0.4, 0.5) is 0 Å². The van der Waals surface area contributed by atoms with Crippen molar-refractivity contribution in [3.63, 3.8) is 0 Å². The van der Waals surface area contributed by atoms with Gasteiger partial charge in [-0.1, -0.05) is 12.7 Å². The van der Waals surface area contributed by atoms with Gasteiger partial charge >= 0.3 is 5.97 Å². The predicted molar refractivity (Wildman–Crippen MR) is 73.2 cm³/mol. The third kappa shape index (κ3) is 8.39. The van der Waals surface area contributed by atoms with E-state index in [1.165, 1.54) is 25.5 Å². The van der Waals surface area contributed by atoms with Crippen LogP contribution in [0, 0.1) is 0 Å². The largest absolute Gasteiger partial charge is 0.481 e. The van der Waals surface area contributed by atoms with E-state index in [0.29, 0.717) is 12.8 Å². The molecule has 0 aromatic heterocycles. The van der Waals surface area contributed by atoms with Gasteiger partial charge in [0.1, 0.15) is 0 Å². The van der Waals surface area contributed by atoms with Crippen LogP contribution in [0.15, 0.2) is 24.9 Å². The van der Waals surface area contributed by atoms with Gasteiger partial charge in [-0.2, -0.15) is 0 Å². The Hall–Kier alpha value is -1.34. The molecule has 1 atom stereocenters. The fourth-order valence-corrected chi connectivity index (χ4v) is 2.16. The SMILES string of the molecule is C=C/C=C/N(C[C@H](CCCC(=O)O)OC)S(C)(=O)=O.